The van der Waals surface area contributed by atoms with Gasteiger partial charge < -0.3 is 10.5 Å². The number of nitrogens with two attached hydrogens (primary N) is 1. The minimum atomic E-state index is -0.661. The molecular weight excluding hydrogens is 293 g/mol. The predicted molar refractivity (Wildman–Crippen MR) is 79.0 cm³/mol. The first-order chi connectivity index (χ1) is 10.2. The Labute approximate surface area is 125 Å². The van der Waals surface area contributed by atoms with Gasteiger partial charge in [-0.05, 0) is 12.1 Å². The van der Waals surface area contributed by atoms with Crippen LogP contribution in [0.3, 0.4) is 0 Å². The highest BCUT2D eigenvalue weighted by atomic mass is 32.1. The number of anilines is 1. The van der Waals surface area contributed by atoms with E-state index < -0.39 is 11.7 Å². The highest BCUT2D eigenvalue weighted by Crippen LogP contribution is 2.24. The molecule has 0 aliphatic carbocycles. The second-order valence-corrected chi connectivity index (χ2v) is 4.84. The van der Waals surface area contributed by atoms with E-state index in [1.165, 1.54) is 42.8 Å². The molecule has 7 heteroatoms. The Bertz CT molecular complexity index is 718. The highest BCUT2D eigenvalue weighted by Gasteiger charge is 2.18. The Kier molecular flexibility index (Phi) is 4.87. The summed E-state index contributed by atoms with van der Waals surface area (Å²) < 4.78 is 18.8. The molecule has 1 heterocycles. The molecule has 0 radical (unpaired) electrons. The van der Waals surface area contributed by atoms with Gasteiger partial charge in [0.05, 0.1) is 24.7 Å². The monoisotopic (exact) mass is 305 g/mol. The van der Waals surface area contributed by atoms with Crippen molar-refractivity contribution >= 4 is 22.4 Å². The highest BCUT2D eigenvalue weighted by molar-refractivity contribution is 7.16. The lowest BCUT2D eigenvalue weighted by Crippen LogP contribution is -2.14. The minimum Gasteiger partial charge on any atom is -0.496 e. The van der Waals surface area contributed by atoms with Crippen molar-refractivity contribution in [1.29, 1.82) is 0 Å². The number of ether oxygens (including phenoxy) is 1. The molecule has 1 amide bonds. The van der Waals surface area contributed by atoms with Gasteiger partial charge in [-0.1, -0.05) is 29.2 Å². The number of hydrogen-bond donors (Lipinski definition) is 2. The predicted octanol–water partition coefficient (Wildman–Crippen LogP) is 1.85. The number of amides is 1. The molecule has 0 aliphatic heterocycles. The molecule has 0 atom stereocenters. The summed E-state index contributed by atoms with van der Waals surface area (Å²) in [4.78, 5) is 16.8. The third-order valence-corrected chi connectivity index (χ3v) is 3.29. The molecule has 0 saturated carbocycles. The van der Waals surface area contributed by atoms with E-state index in [-0.39, 0.29) is 17.9 Å². The standard InChI is InChI=1S/C14H12FN3O2S/c1-20-11-6-2-5-10(15)12(11)13(19)18-14-17-8-9(21-14)4-3-7-16/h2,5-6,8H,7,16H2,1H3,(H,17,18,19). The molecule has 3 N–H and O–H groups in total. The Hall–Kier alpha value is -2.43. The van der Waals surface area contributed by atoms with Gasteiger partial charge in [0.2, 0.25) is 0 Å². The van der Waals surface area contributed by atoms with E-state index in [9.17, 15) is 9.18 Å². The number of hydrogen-bond acceptors (Lipinski definition) is 5. The molecule has 5 nitrogen and oxygen atoms in total. The molecular formula is C14H12FN3O2S. The van der Waals surface area contributed by atoms with E-state index in [2.05, 4.69) is 22.1 Å². The van der Waals surface area contributed by atoms with Gasteiger partial charge in [0.25, 0.3) is 5.91 Å². The fourth-order valence-corrected chi connectivity index (χ4v) is 2.27. The van der Waals surface area contributed by atoms with Gasteiger partial charge in [0, 0.05) is 0 Å². The lowest BCUT2D eigenvalue weighted by atomic mass is 10.2. The summed E-state index contributed by atoms with van der Waals surface area (Å²) in [6.45, 7) is 0.242. The summed E-state index contributed by atoms with van der Waals surface area (Å²) in [6, 6.07) is 4.17. The Balaban J connectivity index is 2.20. The first-order valence-corrected chi connectivity index (χ1v) is 6.76. The van der Waals surface area contributed by atoms with Crippen molar-refractivity contribution in [1.82, 2.24) is 4.98 Å². The number of aromatic nitrogens is 1. The van der Waals surface area contributed by atoms with E-state index in [0.717, 1.165) is 0 Å². The topological polar surface area (TPSA) is 77.2 Å². The molecule has 21 heavy (non-hydrogen) atoms. The van der Waals surface area contributed by atoms with Crippen LogP contribution in [0.2, 0.25) is 0 Å². The quantitative estimate of drug-likeness (QED) is 0.849. The van der Waals surface area contributed by atoms with Crippen LogP contribution in [-0.4, -0.2) is 24.5 Å². The Morgan fingerprint density at radius 2 is 2.38 bits per heavy atom. The maximum absolute atomic E-state index is 13.8. The van der Waals surface area contributed by atoms with Crippen LogP contribution in [0.15, 0.2) is 24.4 Å². The lowest BCUT2D eigenvalue weighted by molar-refractivity contribution is 0.102. The summed E-state index contributed by atoms with van der Waals surface area (Å²) >= 11 is 1.18. The third-order valence-electron chi connectivity index (χ3n) is 2.46. The van der Waals surface area contributed by atoms with Crippen molar-refractivity contribution in [3.05, 3.63) is 40.7 Å². The van der Waals surface area contributed by atoms with Crippen molar-refractivity contribution in [2.45, 2.75) is 0 Å². The van der Waals surface area contributed by atoms with E-state index in [4.69, 9.17) is 10.5 Å². The number of rotatable bonds is 3. The number of carbonyl (C=O) groups is 1. The van der Waals surface area contributed by atoms with E-state index in [0.29, 0.717) is 10.0 Å². The van der Waals surface area contributed by atoms with Crippen molar-refractivity contribution < 1.29 is 13.9 Å². The number of thiazole rings is 1. The molecule has 0 fully saturated rings. The summed E-state index contributed by atoms with van der Waals surface area (Å²) in [6.07, 6.45) is 1.52. The van der Waals surface area contributed by atoms with Gasteiger partial charge in [0.1, 0.15) is 17.1 Å². The molecule has 0 aliphatic rings. The van der Waals surface area contributed by atoms with Crippen LogP contribution in [0.1, 0.15) is 15.2 Å². The van der Waals surface area contributed by atoms with Crippen LogP contribution in [0.25, 0.3) is 0 Å². The van der Waals surface area contributed by atoms with Crippen LogP contribution in [-0.2, 0) is 0 Å². The van der Waals surface area contributed by atoms with Gasteiger partial charge in [-0.15, -0.1) is 0 Å². The van der Waals surface area contributed by atoms with Gasteiger partial charge in [-0.3, -0.25) is 10.1 Å². The first-order valence-electron chi connectivity index (χ1n) is 5.94. The minimum absolute atomic E-state index is 0.159. The fraction of sp³-hybridized carbons (Fsp3) is 0.143. The van der Waals surface area contributed by atoms with Crippen LogP contribution in [0, 0.1) is 17.7 Å². The van der Waals surface area contributed by atoms with Gasteiger partial charge >= 0.3 is 0 Å². The van der Waals surface area contributed by atoms with Crippen LogP contribution in [0.5, 0.6) is 5.75 Å². The average molecular weight is 305 g/mol. The first kappa shape index (κ1) is 15.0. The molecule has 2 aromatic rings. The summed E-state index contributed by atoms with van der Waals surface area (Å²) in [5.74, 6) is 4.36. The molecule has 0 unspecified atom stereocenters. The normalized spacial score (nSPS) is 9.67. The summed E-state index contributed by atoms with van der Waals surface area (Å²) in [7, 11) is 1.37. The molecule has 1 aromatic heterocycles. The van der Waals surface area contributed by atoms with Gasteiger partial charge in [-0.2, -0.15) is 0 Å². The number of benzene rings is 1. The largest absolute Gasteiger partial charge is 0.496 e. The summed E-state index contributed by atoms with van der Waals surface area (Å²) in [5.41, 5.74) is 5.11. The second kappa shape index (κ2) is 6.83. The molecule has 0 saturated heterocycles. The number of methoxy groups -OCH3 is 1. The van der Waals surface area contributed by atoms with Crippen LogP contribution < -0.4 is 15.8 Å². The zero-order chi connectivity index (χ0) is 15.2. The number of carbonyl (C=O) groups excluding carboxylic acids is 1. The number of halogens is 1. The zero-order valence-electron chi connectivity index (χ0n) is 11.1. The van der Waals surface area contributed by atoms with E-state index in [1.54, 1.807) is 0 Å². The fourth-order valence-electron chi connectivity index (χ4n) is 1.58. The smallest absolute Gasteiger partial charge is 0.264 e. The Morgan fingerprint density at radius 1 is 1.57 bits per heavy atom. The average Bonchev–Trinajstić information content (AvgIpc) is 2.92. The molecule has 0 spiro atoms. The van der Waals surface area contributed by atoms with E-state index >= 15 is 0 Å². The summed E-state index contributed by atoms with van der Waals surface area (Å²) in [5, 5.41) is 2.85. The lowest BCUT2D eigenvalue weighted by Gasteiger charge is -2.08. The van der Waals surface area contributed by atoms with Crippen molar-refractivity contribution in [3.8, 4) is 17.6 Å². The number of nitrogens with one attached hydrogen (secondary N) is 1. The third kappa shape index (κ3) is 3.56. The molecule has 108 valence electrons. The van der Waals surface area contributed by atoms with Crippen molar-refractivity contribution in [2.24, 2.45) is 5.73 Å². The molecule has 0 bridgehead atoms. The van der Waals surface area contributed by atoms with Crippen LogP contribution in [0.4, 0.5) is 9.52 Å². The van der Waals surface area contributed by atoms with Gasteiger partial charge in [-0.25, -0.2) is 9.37 Å². The molecule has 1 aromatic carbocycles. The maximum Gasteiger partial charge on any atom is 0.264 e. The van der Waals surface area contributed by atoms with Crippen molar-refractivity contribution in [2.75, 3.05) is 19.0 Å². The zero-order valence-corrected chi connectivity index (χ0v) is 12.0. The molecule has 2 rings (SSSR count). The SMILES string of the molecule is COc1cccc(F)c1C(=O)Nc1ncc(C#CCN)s1. The van der Waals surface area contributed by atoms with Crippen molar-refractivity contribution in [3.63, 3.8) is 0 Å². The second-order valence-electron chi connectivity index (χ2n) is 3.81. The maximum atomic E-state index is 13.8. The van der Waals surface area contributed by atoms with Gasteiger partial charge in [0.15, 0.2) is 5.13 Å². The van der Waals surface area contributed by atoms with Crippen LogP contribution >= 0.6 is 11.3 Å². The van der Waals surface area contributed by atoms with E-state index in [1.807, 2.05) is 0 Å². The number of nitrogens with zero attached hydrogens (tertiary/aromatic N) is 1. The Morgan fingerprint density at radius 3 is 3.10 bits per heavy atom.